The van der Waals surface area contributed by atoms with Gasteiger partial charge in [0.1, 0.15) is 0 Å². The molecule has 0 aromatic heterocycles. The summed E-state index contributed by atoms with van der Waals surface area (Å²) in [6.45, 7) is 4.90. The molecule has 0 fully saturated rings. The Kier molecular flexibility index (Phi) is 59.5. The van der Waals surface area contributed by atoms with Crippen LogP contribution in [0.15, 0.2) is 48.6 Å². The predicted octanol–water partition coefficient (Wildman–Crippen LogP) is 20.1. The topological polar surface area (TPSA) is 95.9 Å². The standard InChI is InChI=1S/C66H123NO5/c1-3-5-7-9-11-13-15-17-19-32-36-40-44-48-52-56-60-66(71)72-61-57-53-49-45-41-37-33-30-28-26-24-22-20-21-23-25-27-29-31-35-39-43-47-51-55-59-65(70)67-63(62-68)64(69)58-54-50-46-42-38-34-18-16-14-12-10-8-6-4-2/h19,21-24,32,54,58,63-64,68-69H,3-18,20,25-31,33-53,55-57,59-62H2,1-2H3,(H,67,70)/b23-21-,24-22-,32-19-,58-54+. The molecular weight excluding hydrogens is 887 g/mol. The zero-order valence-electron chi connectivity index (χ0n) is 48.2. The maximum absolute atomic E-state index is 12.5. The molecule has 72 heavy (non-hydrogen) atoms. The van der Waals surface area contributed by atoms with Gasteiger partial charge < -0.3 is 20.3 Å². The molecule has 0 aliphatic carbocycles. The molecule has 6 nitrogen and oxygen atoms in total. The Morgan fingerprint density at radius 2 is 0.694 bits per heavy atom. The Hall–Kier alpha value is -2.18. The summed E-state index contributed by atoms with van der Waals surface area (Å²) in [5.74, 6) is -0.0730. The van der Waals surface area contributed by atoms with Crippen LogP contribution in [0.1, 0.15) is 335 Å². The highest BCUT2D eigenvalue weighted by atomic mass is 16.5. The van der Waals surface area contributed by atoms with Crippen molar-refractivity contribution < 1.29 is 24.5 Å². The maximum Gasteiger partial charge on any atom is 0.305 e. The van der Waals surface area contributed by atoms with Crippen molar-refractivity contribution in [2.75, 3.05) is 13.2 Å². The van der Waals surface area contributed by atoms with E-state index in [9.17, 15) is 19.8 Å². The van der Waals surface area contributed by atoms with Crippen LogP contribution in [0.5, 0.6) is 0 Å². The minimum Gasteiger partial charge on any atom is -0.466 e. The monoisotopic (exact) mass is 1010 g/mol. The van der Waals surface area contributed by atoms with Crippen molar-refractivity contribution in [3.05, 3.63) is 48.6 Å². The third-order valence-corrected chi connectivity index (χ3v) is 14.6. The molecule has 0 heterocycles. The Balaban J connectivity index is 3.45. The highest BCUT2D eigenvalue weighted by Gasteiger charge is 2.18. The third kappa shape index (κ3) is 57.1. The summed E-state index contributed by atoms with van der Waals surface area (Å²) in [5, 5.41) is 23.1. The van der Waals surface area contributed by atoms with E-state index in [-0.39, 0.29) is 18.5 Å². The summed E-state index contributed by atoms with van der Waals surface area (Å²) in [4.78, 5) is 24.5. The average molecular weight is 1010 g/mol. The van der Waals surface area contributed by atoms with Gasteiger partial charge in [-0.3, -0.25) is 9.59 Å². The van der Waals surface area contributed by atoms with Crippen LogP contribution in [0.4, 0.5) is 0 Å². The summed E-state index contributed by atoms with van der Waals surface area (Å²) >= 11 is 0. The largest absolute Gasteiger partial charge is 0.466 e. The quantitative estimate of drug-likeness (QED) is 0.0320. The minimum atomic E-state index is -0.849. The number of nitrogens with one attached hydrogen (secondary N) is 1. The number of aliphatic hydroxyl groups excluding tert-OH is 2. The van der Waals surface area contributed by atoms with E-state index >= 15 is 0 Å². The number of allylic oxidation sites excluding steroid dienone is 7. The molecule has 0 aliphatic rings. The van der Waals surface area contributed by atoms with Crippen molar-refractivity contribution in [1.29, 1.82) is 0 Å². The molecule has 6 heteroatoms. The smallest absolute Gasteiger partial charge is 0.305 e. The number of rotatable bonds is 59. The number of esters is 1. The number of carbonyl (C=O) groups excluding carboxylic acids is 2. The minimum absolute atomic E-state index is 0.000942. The lowest BCUT2D eigenvalue weighted by Crippen LogP contribution is -2.45. The molecule has 0 aromatic rings. The van der Waals surface area contributed by atoms with E-state index in [1.54, 1.807) is 6.08 Å². The van der Waals surface area contributed by atoms with E-state index in [2.05, 4.69) is 55.6 Å². The fourth-order valence-corrected chi connectivity index (χ4v) is 9.66. The van der Waals surface area contributed by atoms with Gasteiger partial charge >= 0.3 is 5.97 Å². The van der Waals surface area contributed by atoms with E-state index in [0.29, 0.717) is 19.4 Å². The van der Waals surface area contributed by atoms with Crippen molar-refractivity contribution in [1.82, 2.24) is 5.32 Å². The molecule has 2 atom stereocenters. The number of hydrogen-bond donors (Lipinski definition) is 3. The lowest BCUT2D eigenvalue weighted by molar-refractivity contribution is -0.143. The van der Waals surface area contributed by atoms with Gasteiger partial charge in [-0.1, -0.05) is 281 Å². The molecule has 0 bridgehead atoms. The molecular formula is C66H123NO5. The van der Waals surface area contributed by atoms with Gasteiger partial charge in [-0.25, -0.2) is 0 Å². The van der Waals surface area contributed by atoms with Crippen LogP contribution in [0, 0.1) is 0 Å². The first-order chi connectivity index (χ1) is 35.5. The SMILES string of the molecule is CCCCCCCCC/C=C\CCCCCCCC(=O)OCCCCCCCCCCC/C=C\C/C=C\CCCCCCCCCCCC(=O)NC(CO)C(O)/C=C/CCCCCCCCCCCCCC. The van der Waals surface area contributed by atoms with Crippen LogP contribution in [0.3, 0.4) is 0 Å². The molecule has 0 spiro atoms. The number of amides is 1. The summed E-state index contributed by atoms with van der Waals surface area (Å²) in [5.41, 5.74) is 0. The van der Waals surface area contributed by atoms with Crippen molar-refractivity contribution >= 4 is 11.9 Å². The second-order valence-corrected chi connectivity index (χ2v) is 21.7. The maximum atomic E-state index is 12.5. The summed E-state index contributed by atoms with van der Waals surface area (Å²) in [6.07, 6.45) is 78.7. The average Bonchev–Trinajstić information content (AvgIpc) is 3.38. The summed E-state index contributed by atoms with van der Waals surface area (Å²) in [6, 6.07) is -0.633. The highest BCUT2D eigenvalue weighted by molar-refractivity contribution is 5.76. The Morgan fingerprint density at radius 3 is 1.07 bits per heavy atom. The van der Waals surface area contributed by atoms with Gasteiger partial charge in [0.15, 0.2) is 0 Å². The van der Waals surface area contributed by atoms with Gasteiger partial charge in [-0.15, -0.1) is 0 Å². The zero-order valence-corrected chi connectivity index (χ0v) is 48.2. The first-order valence-corrected chi connectivity index (χ1v) is 31.9. The Morgan fingerprint density at radius 1 is 0.389 bits per heavy atom. The molecule has 0 saturated heterocycles. The van der Waals surface area contributed by atoms with Gasteiger partial charge in [0, 0.05) is 12.8 Å². The molecule has 1 amide bonds. The van der Waals surface area contributed by atoms with E-state index in [4.69, 9.17) is 4.74 Å². The number of aliphatic hydroxyl groups is 2. The van der Waals surface area contributed by atoms with Crippen LogP contribution < -0.4 is 5.32 Å². The van der Waals surface area contributed by atoms with E-state index in [1.165, 1.54) is 257 Å². The lowest BCUT2D eigenvalue weighted by Gasteiger charge is -2.20. The summed E-state index contributed by atoms with van der Waals surface area (Å²) < 4.78 is 5.48. The number of hydrogen-bond acceptors (Lipinski definition) is 5. The van der Waals surface area contributed by atoms with Crippen LogP contribution in [-0.2, 0) is 14.3 Å². The fourth-order valence-electron chi connectivity index (χ4n) is 9.66. The van der Waals surface area contributed by atoms with Gasteiger partial charge in [-0.05, 0) is 89.9 Å². The third-order valence-electron chi connectivity index (χ3n) is 14.6. The predicted molar refractivity (Wildman–Crippen MR) is 315 cm³/mol. The fraction of sp³-hybridized carbons (Fsp3) is 0.848. The van der Waals surface area contributed by atoms with Gasteiger partial charge in [0.2, 0.25) is 5.91 Å². The van der Waals surface area contributed by atoms with Crippen LogP contribution in [0.2, 0.25) is 0 Å². The lowest BCUT2D eigenvalue weighted by atomic mass is 10.0. The highest BCUT2D eigenvalue weighted by Crippen LogP contribution is 2.16. The van der Waals surface area contributed by atoms with E-state index < -0.39 is 12.1 Å². The van der Waals surface area contributed by atoms with Crippen molar-refractivity contribution in [3.8, 4) is 0 Å². The Labute approximate surface area is 448 Å². The van der Waals surface area contributed by atoms with Gasteiger partial charge in [0.05, 0.1) is 25.4 Å². The number of unbranched alkanes of at least 4 members (excludes halogenated alkanes) is 42. The van der Waals surface area contributed by atoms with Crippen molar-refractivity contribution in [2.45, 2.75) is 347 Å². The first-order valence-electron chi connectivity index (χ1n) is 31.9. The number of ether oxygens (including phenoxy) is 1. The molecule has 0 radical (unpaired) electrons. The Bertz CT molecular complexity index is 1210. The van der Waals surface area contributed by atoms with Crippen LogP contribution >= 0.6 is 0 Å². The first kappa shape index (κ1) is 69.8. The molecule has 0 aromatic carbocycles. The van der Waals surface area contributed by atoms with Crippen molar-refractivity contribution in [3.63, 3.8) is 0 Å². The van der Waals surface area contributed by atoms with Crippen LogP contribution in [-0.4, -0.2) is 47.4 Å². The zero-order chi connectivity index (χ0) is 52.2. The normalized spacial score (nSPS) is 12.9. The molecule has 0 saturated carbocycles. The second-order valence-electron chi connectivity index (χ2n) is 21.7. The van der Waals surface area contributed by atoms with Gasteiger partial charge in [0.25, 0.3) is 0 Å². The molecule has 0 rings (SSSR count). The van der Waals surface area contributed by atoms with Crippen LogP contribution in [0.25, 0.3) is 0 Å². The molecule has 0 aliphatic heterocycles. The molecule has 422 valence electrons. The number of carbonyl (C=O) groups is 2. The van der Waals surface area contributed by atoms with E-state index in [1.807, 2.05) is 6.08 Å². The van der Waals surface area contributed by atoms with Crippen molar-refractivity contribution in [2.24, 2.45) is 0 Å². The molecule has 3 N–H and O–H groups in total. The second kappa shape index (κ2) is 61.4. The van der Waals surface area contributed by atoms with E-state index in [0.717, 1.165) is 51.4 Å². The summed E-state index contributed by atoms with van der Waals surface area (Å²) in [7, 11) is 0. The molecule has 2 unspecified atom stereocenters. The van der Waals surface area contributed by atoms with Gasteiger partial charge in [-0.2, -0.15) is 0 Å².